The molecule has 23 heavy (non-hydrogen) atoms. The minimum absolute atomic E-state index is 0.0611. The van der Waals surface area contributed by atoms with Crippen LogP contribution >= 0.6 is 0 Å². The lowest BCUT2D eigenvalue weighted by atomic mass is 10.2. The molecule has 1 heterocycles. The van der Waals surface area contributed by atoms with E-state index < -0.39 is 0 Å². The number of hydrogen-bond donors (Lipinski definition) is 1. The van der Waals surface area contributed by atoms with E-state index in [2.05, 4.69) is 15.3 Å². The molecule has 0 aliphatic carbocycles. The monoisotopic (exact) mass is 307 g/mol. The van der Waals surface area contributed by atoms with Crippen LogP contribution in [-0.2, 0) is 0 Å². The highest BCUT2D eigenvalue weighted by Crippen LogP contribution is 2.07. The number of allylic oxidation sites excluding steroid dienone is 1. The summed E-state index contributed by atoms with van der Waals surface area (Å²) in [5.41, 5.74) is 3.53. The van der Waals surface area contributed by atoms with Gasteiger partial charge in [-0.05, 0) is 32.0 Å². The van der Waals surface area contributed by atoms with Crippen LogP contribution < -0.4 is 5.32 Å². The van der Waals surface area contributed by atoms with Crippen LogP contribution in [0, 0.1) is 0 Å². The molecule has 1 N–H and O–H groups in total. The quantitative estimate of drug-likeness (QED) is 0.829. The zero-order valence-corrected chi connectivity index (χ0v) is 13.5. The second kappa shape index (κ2) is 8.63. The lowest BCUT2D eigenvalue weighted by molar-refractivity contribution is 0.0954. The van der Waals surface area contributed by atoms with Gasteiger partial charge in [0.15, 0.2) is 0 Å². The first-order valence-electron chi connectivity index (χ1n) is 7.65. The molecule has 2 aromatic rings. The van der Waals surface area contributed by atoms with Crippen molar-refractivity contribution >= 4 is 11.6 Å². The summed E-state index contributed by atoms with van der Waals surface area (Å²) in [5.74, 6) is -0.0611. The van der Waals surface area contributed by atoms with E-state index in [0.717, 1.165) is 17.0 Å². The normalized spacial score (nSPS) is 12.1. The molecule has 1 aromatic carbocycles. The van der Waals surface area contributed by atoms with Crippen LogP contribution in [-0.4, -0.2) is 23.1 Å². The Morgan fingerprint density at radius 1 is 1.17 bits per heavy atom. The first-order chi connectivity index (χ1) is 11.2. The molecule has 0 aliphatic heterocycles. The molecular weight excluding hydrogens is 286 g/mol. The number of carbonyl (C=O) groups is 1. The van der Waals surface area contributed by atoms with Crippen LogP contribution in [0.1, 0.15) is 36.2 Å². The number of aliphatic imine (C=N–C) groups is 1. The van der Waals surface area contributed by atoms with Crippen molar-refractivity contribution in [3.05, 3.63) is 77.8 Å². The summed E-state index contributed by atoms with van der Waals surface area (Å²) in [6.45, 7) is 4.47. The van der Waals surface area contributed by atoms with Gasteiger partial charge in [0.1, 0.15) is 0 Å². The van der Waals surface area contributed by atoms with Crippen molar-refractivity contribution in [1.82, 2.24) is 10.3 Å². The van der Waals surface area contributed by atoms with E-state index in [9.17, 15) is 4.79 Å². The van der Waals surface area contributed by atoms with Crippen LogP contribution in [0.15, 0.2) is 71.6 Å². The molecule has 118 valence electrons. The minimum atomic E-state index is -0.0611. The molecule has 4 heteroatoms. The number of hydrogen-bond acceptors (Lipinski definition) is 3. The third kappa shape index (κ3) is 5.18. The van der Waals surface area contributed by atoms with Gasteiger partial charge in [-0.3, -0.25) is 14.8 Å². The number of benzene rings is 1. The highest BCUT2D eigenvalue weighted by molar-refractivity contribution is 5.99. The number of carbonyl (C=O) groups excluding carboxylic acids is 1. The Hall–Kier alpha value is -2.75. The molecular formula is C19H21N3O. The first-order valence-corrected chi connectivity index (χ1v) is 7.65. The predicted molar refractivity (Wildman–Crippen MR) is 93.6 cm³/mol. The molecule has 0 saturated heterocycles. The largest absolute Gasteiger partial charge is 0.352 e. The summed E-state index contributed by atoms with van der Waals surface area (Å²) < 4.78 is 0. The summed E-state index contributed by atoms with van der Waals surface area (Å²) in [7, 11) is 0. The van der Waals surface area contributed by atoms with Gasteiger partial charge in [0.25, 0.3) is 5.91 Å². The van der Waals surface area contributed by atoms with Crippen LogP contribution in [0.25, 0.3) is 0 Å². The van der Waals surface area contributed by atoms with Crippen molar-refractivity contribution in [3.8, 4) is 0 Å². The van der Waals surface area contributed by atoms with Gasteiger partial charge < -0.3 is 5.32 Å². The van der Waals surface area contributed by atoms with Gasteiger partial charge in [-0.15, -0.1) is 0 Å². The Bertz CT molecular complexity index is 691. The molecule has 0 bridgehead atoms. The van der Waals surface area contributed by atoms with Crippen molar-refractivity contribution in [2.24, 2.45) is 4.99 Å². The fraction of sp³-hybridized carbons (Fsp3) is 0.211. The summed E-state index contributed by atoms with van der Waals surface area (Å²) in [6.07, 6.45) is 6.19. The molecule has 0 saturated carbocycles. The second-order valence-corrected chi connectivity index (χ2v) is 5.09. The Morgan fingerprint density at radius 3 is 2.57 bits per heavy atom. The zero-order chi connectivity index (χ0) is 16.5. The van der Waals surface area contributed by atoms with Crippen LogP contribution in [0.2, 0.25) is 0 Å². The van der Waals surface area contributed by atoms with Gasteiger partial charge in [-0.25, -0.2) is 0 Å². The molecule has 0 unspecified atom stereocenters. The Morgan fingerprint density at radius 2 is 1.91 bits per heavy atom. The van der Waals surface area contributed by atoms with Crippen molar-refractivity contribution in [1.29, 1.82) is 0 Å². The van der Waals surface area contributed by atoms with Crippen molar-refractivity contribution in [2.75, 3.05) is 6.54 Å². The van der Waals surface area contributed by atoms with Crippen LogP contribution in [0.4, 0.5) is 0 Å². The van der Waals surface area contributed by atoms with Crippen LogP contribution in [0.3, 0.4) is 0 Å². The maximum atomic E-state index is 12.0. The summed E-state index contributed by atoms with van der Waals surface area (Å²) in [4.78, 5) is 20.7. The number of nitrogens with zero attached hydrogens (tertiary/aromatic N) is 2. The Balaban J connectivity index is 1.90. The first kappa shape index (κ1) is 16.6. The SMILES string of the molecule is C/C=C(/CCNC(=O)c1ccccc1)N=C(C)c1cccnc1. The average molecular weight is 307 g/mol. The topological polar surface area (TPSA) is 54.4 Å². The molecule has 0 radical (unpaired) electrons. The van der Waals surface area contributed by atoms with Gasteiger partial charge >= 0.3 is 0 Å². The molecule has 1 amide bonds. The molecule has 1 aromatic heterocycles. The maximum absolute atomic E-state index is 12.0. The van der Waals surface area contributed by atoms with Crippen LogP contribution in [0.5, 0.6) is 0 Å². The van der Waals surface area contributed by atoms with Gasteiger partial charge in [0, 0.05) is 47.9 Å². The third-order valence-corrected chi connectivity index (χ3v) is 3.43. The third-order valence-electron chi connectivity index (χ3n) is 3.43. The van der Waals surface area contributed by atoms with Crippen molar-refractivity contribution < 1.29 is 4.79 Å². The predicted octanol–water partition coefficient (Wildman–Crippen LogP) is 3.61. The molecule has 4 nitrogen and oxygen atoms in total. The number of aromatic nitrogens is 1. The highest BCUT2D eigenvalue weighted by Gasteiger charge is 2.04. The van der Waals surface area contributed by atoms with E-state index >= 15 is 0 Å². The second-order valence-electron chi connectivity index (χ2n) is 5.09. The fourth-order valence-electron chi connectivity index (χ4n) is 2.12. The Labute approximate surface area is 137 Å². The minimum Gasteiger partial charge on any atom is -0.352 e. The van der Waals surface area contributed by atoms with E-state index in [1.54, 1.807) is 24.5 Å². The number of nitrogens with one attached hydrogen (secondary N) is 1. The van der Waals surface area contributed by atoms with Gasteiger partial charge in [-0.2, -0.15) is 0 Å². The maximum Gasteiger partial charge on any atom is 0.251 e. The molecule has 2 rings (SSSR count). The van der Waals surface area contributed by atoms with Gasteiger partial charge in [0.05, 0.1) is 0 Å². The average Bonchev–Trinajstić information content (AvgIpc) is 2.62. The standard InChI is InChI=1S/C19H21N3O/c1-3-18(22-15(2)17-10-7-12-20-14-17)11-13-21-19(23)16-8-5-4-6-9-16/h3-10,12,14H,11,13H2,1-2H3,(H,21,23)/b18-3-,22-15?. The number of amides is 1. The van der Waals surface area contributed by atoms with E-state index in [1.165, 1.54) is 0 Å². The molecule has 0 fully saturated rings. The molecule has 0 spiro atoms. The summed E-state index contributed by atoms with van der Waals surface area (Å²) in [5, 5.41) is 2.92. The van der Waals surface area contributed by atoms with E-state index in [-0.39, 0.29) is 5.91 Å². The van der Waals surface area contributed by atoms with Gasteiger partial charge in [0.2, 0.25) is 0 Å². The lowest BCUT2D eigenvalue weighted by Crippen LogP contribution is -2.24. The zero-order valence-electron chi connectivity index (χ0n) is 13.5. The van der Waals surface area contributed by atoms with Crippen molar-refractivity contribution in [3.63, 3.8) is 0 Å². The van der Waals surface area contributed by atoms with Crippen molar-refractivity contribution in [2.45, 2.75) is 20.3 Å². The summed E-state index contributed by atoms with van der Waals surface area (Å²) >= 11 is 0. The smallest absolute Gasteiger partial charge is 0.251 e. The number of pyridine rings is 1. The Kier molecular flexibility index (Phi) is 6.24. The lowest BCUT2D eigenvalue weighted by Gasteiger charge is -2.07. The van der Waals surface area contributed by atoms with E-state index in [4.69, 9.17) is 0 Å². The molecule has 0 aliphatic rings. The van der Waals surface area contributed by atoms with E-state index in [0.29, 0.717) is 18.5 Å². The van der Waals surface area contributed by atoms with Gasteiger partial charge in [-0.1, -0.05) is 30.3 Å². The fourth-order valence-corrected chi connectivity index (χ4v) is 2.12. The summed E-state index contributed by atoms with van der Waals surface area (Å²) in [6, 6.07) is 13.1. The molecule has 0 atom stereocenters. The van der Waals surface area contributed by atoms with E-state index in [1.807, 2.05) is 50.3 Å². The number of rotatable bonds is 6. The highest BCUT2D eigenvalue weighted by atomic mass is 16.1.